The van der Waals surface area contributed by atoms with Gasteiger partial charge in [-0.15, -0.1) is 0 Å². The van der Waals surface area contributed by atoms with E-state index in [1.165, 1.54) is 16.7 Å². The molecular formula is C20H20O. The zero-order valence-electron chi connectivity index (χ0n) is 12.8. The minimum atomic E-state index is 0.130. The number of benzene rings is 2. The third-order valence-corrected chi connectivity index (χ3v) is 3.76. The SMILES string of the molecule is CC(C)(C)c1ccc(-c2ccco2)c(-c2ccccc2)c1. The molecule has 0 bridgehead atoms. The van der Waals surface area contributed by atoms with Crippen LogP contribution in [0.2, 0.25) is 0 Å². The quantitative estimate of drug-likeness (QED) is 0.567. The second kappa shape index (κ2) is 5.25. The molecule has 0 atom stereocenters. The summed E-state index contributed by atoms with van der Waals surface area (Å²) in [5.74, 6) is 0.911. The average molecular weight is 276 g/mol. The van der Waals surface area contributed by atoms with Crippen molar-refractivity contribution in [1.29, 1.82) is 0 Å². The van der Waals surface area contributed by atoms with Crippen molar-refractivity contribution in [2.45, 2.75) is 26.2 Å². The Hall–Kier alpha value is -2.28. The van der Waals surface area contributed by atoms with E-state index < -0.39 is 0 Å². The van der Waals surface area contributed by atoms with E-state index in [1.807, 2.05) is 18.2 Å². The van der Waals surface area contributed by atoms with Gasteiger partial charge in [-0.05, 0) is 40.3 Å². The summed E-state index contributed by atoms with van der Waals surface area (Å²) in [5.41, 5.74) is 5.04. The number of rotatable bonds is 2. The highest BCUT2D eigenvalue weighted by Gasteiger charge is 2.17. The Morgan fingerprint density at radius 2 is 1.52 bits per heavy atom. The van der Waals surface area contributed by atoms with E-state index in [2.05, 4.69) is 63.2 Å². The maximum atomic E-state index is 5.61. The van der Waals surface area contributed by atoms with Crippen LogP contribution in [0.4, 0.5) is 0 Å². The van der Waals surface area contributed by atoms with Crippen molar-refractivity contribution in [3.63, 3.8) is 0 Å². The summed E-state index contributed by atoms with van der Waals surface area (Å²) in [5, 5.41) is 0. The second-order valence-corrected chi connectivity index (χ2v) is 6.35. The van der Waals surface area contributed by atoms with Crippen molar-refractivity contribution in [3.8, 4) is 22.5 Å². The van der Waals surface area contributed by atoms with Crippen LogP contribution < -0.4 is 0 Å². The summed E-state index contributed by atoms with van der Waals surface area (Å²) < 4.78 is 5.61. The van der Waals surface area contributed by atoms with E-state index in [9.17, 15) is 0 Å². The van der Waals surface area contributed by atoms with E-state index >= 15 is 0 Å². The lowest BCUT2D eigenvalue weighted by Crippen LogP contribution is -2.11. The van der Waals surface area contributed by atoms with Crippen molar-refractivity contribution < 1.29 is 4.42 Å². The number of hydrogen-bond donors (Lipinski definition) is 0. The number of furan rings is 1. The molecule has 1 heterocycles. The summed E-state index contributed by atoms with van der Waals surface area (Å²) in [6.07, 6.45) is 1.72. The van der Waals surface area contributed by atoms with Gasteiger partial charge in [0.2, 0.25) is 0 Å². The number of hydrogen-bond acceptors (Lipinski definition) is 1. The normalized spacial score (nSPS) is 11.6. The molecule has 0 saturated carbocycles. The zero-order chi connectivity index (χ0) is 14.9. The molecule has 0 saturated heterocycles. The monoisotopic (exact) mass is 276 g/mol. The fourth-order valence-electron chi connectivity index (χ4n) is 2.51. The van der Waals surface area contributed by atoms with E-state index in [1.54, 1.807) is 6.26 Å². The van der Waals surface area contributed by atoms with E-state index in [0.717, 1.165) is 11.3 Å². The van der Waals surface area contributed by atoms with Gasteiger partial charge >= 0.3 is 0 Å². The molecule has 1 heteroatoms. The molecule has 0 fully saturated rings. The largest absolute Gasteiger partial charge is 0.464 e. The Balaban J connectivity index is 2.22. The van der Waals surface area contributed by atoms with Gasteiger partial charge < -0.3 is 4.42 Å². The molecule has 0 N–H and O–H groups in total. The van der Waals surface area contributed by atoms with Crippen molar-refractivity contribution in [2.24, 2.45) is 0 Å². The van der Waals surface area contributed by atoms with Crippen LogP contribution in [-0.2, 0) is 5.41 Å². The van der Waals surface area contributed by atoms with Crippen LogP contribution >= 0.6 is 0 Å². The van der Waals surface area contributed by atoms with Crippen LogP contribution in [0, 0.1) is 0 Å². The van der Waals surface area contributed by atoms with Crippen molar-refractivity contribution in [2.75, 3.05) is 0 Å². The second-order valence-electron chi connectivity index (χ2n) is 6.35. The maximum absolute atomic E-state index is 5.61. The highest BCUT2D eigenvalue weighted by Crippen LogP contribution is 2.36. The molecule has 2 aromatic carbocycles. The van der Waals surface area contributed by atoms with Crippen LogP contribution in [0.25, 0.3) is 22.5 Å². The molecule has 0 aliphatic carbocycles. The summed E-state index contributed by atoms with van der Waals surface area (Å²) in [7, 11) is 0. The molecule has 3 aromatic rings. The molecule has 0 aliphatic heterocycles. The first-order valence-electron chi connectivity index (χ1n) is 7.29. The van der Waals surface area contributed by atoms with Crippen LogP contribution in [0.5, 0.6) is 0 Å². The molecule has 1 nitrogen and oxygen atoms in total. The summed E-state index contributed by atoms with van der Waals surface area (Å²) >= 11 is 0. The van der Waals surface area contributed by atoms with E-state index in [-0.39, 0.29) is 5.41 Å². The Kier molecular flexibility index (Phi) is 3.42. The molecule has 0 amide bonds. The molecule has 0 radical (unpaired) electrons. The van der Waals surface area contributed by atoms with Crippen LogP contribution in [0.15, 0.2) is 71.3 Å². The van der Waals surface area contributed by atoms with Gasteiger partial charge in [0.15, 0.2) is 0 Å². The van der Waals surface area contributed by atoms with Gasteiger partial charge in [0.05, 0.1) is 6.26 Å². The molecule has 0 aliphatic rings. The molecule has 106 valence electrons. The Morgan fingerprint density at radius 3 is 2.14 bits per heavy atom. The smallest absolute Gasteiger partial charge is 0.134 e. The Labute approximate surface area is 126 Å². The minimum Gasteiger partial charge on any atom is -0.464 e. The van der Waals surface area contributed by atoms with Gasteiger partial charge in [-0.25, -0.2) is 0 Å². The average Bonchev–Trinajstić information content (AvgIpc) is 3.01. The fraction of sp³-hybridized carbons (Fsp3) is 0.200. The molecule has 21 heavy (non-hydrogen) atoms. The predicted octanol–water partition coefficient (Wildman–Crippen LogP) is 5.91. The summed E-state index contributed by atoms with van der Waals surface area (Å²) in [4.78, 5) is 0. The molecule has 3 rings (SSSR count). The van der Waals surface area contributed by atoms with E-state index in [4.69, 9.17) is 4.42 Å². The zero-order valence-corrected chi connectivity index (χ0v) is 12.8. The van der Waals surface area contributed by atoms with Gasteiger partial charge in [-0.2, -0.15) is 0 Å². The first kappa shape index (κ1) is 13.7. The standard InChI is InChI=1S/C20H20O/c1-20(2,3)16-11-12-17(19-10-7-13-21-19)18(14-16)15-8-5-4-6-9-15/h4-14H,1-3H3. The van der Waals surface area contributed by atoms with Gasteiger partial charge in [-0.1, -0.05) is 63.2 Å². The topological polar surface area (TPSA) is 13.1 Å². The van der Waals surface area contributed by atoms with Gasteiger partial charge in [0.1, 0.15) is 5.76 Å². The molecular weight excluding hydrogens is 256 g/mol. The maximum Gasteiger partial charge on any atom is 0.134 e. The molecule has 1 aromatic heterocycles. The van der Waals surface area contributed by atoms with Crippen LogP contribution in [0.3, 0.4) is 0 Å². The highest BCUT2D eigenvalue weighted by molar-refractivity contribution is 5.82. The minimum absolute atomic E-state index is 0.130. The van der Waals surface area contributed by atoms with E-state index in [0.29, 0.717) is 0 Å². The molecule has 0 unspecified atom stereocenters. The van der Waals surface area contributed by atoms with Crippen molar-refractivity contribution >= 4 is 0 Å². The third kappa shape index (κ3) is 2.78. The van der Waals surface area contributed by atoms with Gasteiger partial charge in [0.25, 0.3) is 0 Å². The van der Waals surface area contributed by atoms with Crippen molar-refractivity contribution in [3.05, 3.63) is 72.5 Å². The van der Waals surface area contributed by atoms with Gasteiger partial charge in [-0.3, -0.25) is 0 Å². The Bertz CT molecular complexity index is 716. The lowest BCUT2D eigenvalue weighted by molar-refractivity contribution is 0.580. The highest BCUT2D eigenvalue weighted by atomic mass is 16.3. The lowest BCUT2D eigenvalue weighted by Gasteiger charge is -2.21. The molecule has 0 spiro atoms. The Morgan fingerprint density at radius 1 is 0.762 bits per heavy atom. The summed E-state index contributed by atoms with van der Waals surface area (Å²) in [6.45, 7) is 6.72. The summed E-state index contributed by atoms with van der Waals surface area (Å²) in [6, 6.07) is 21.1. The van der Waals surface area contributed by atoms with Crippen LogP contribution in [-0.4, -0.2) is 0 Å². The van der Waals surface area contributed by atoms with Crippen LogP contribution in [0.1, 0.15) is 26.3 Å². The van der Waals surface area contributed by atoms with Crippen molar-refractivity contribution in [1.82, 2.24) is 0 Å². The lowest BCUT2D eigenvalue weighted by atomic mass is 9.84. The first-order valence-corrected chi connectivity index (χ1v) is 7.29. The fourth-order valence-corrected chi connectivity index (χ4v) is 2.51. The van der Waals surface area contributed by atoms with Gasteiger partial charge in [0, 0.05) is 5.56 Å². The third-order valence-electron chi connectivity index (χ3n) is 3.76. The predicted molar refractivity (Wildman–Crippen MR) is 88.3 cm³/mol. The first-order chi connectivity index (χ1) is 10.1.